The second-order valence-corrected chi connectivity index (χ2v) is 6.16. The third kappa shape index (κ3) is 4.84. The van der Waals surface area contributed by atoms with Crippen LogP contribution in [0.5, 0.6) is 11.5 Å². The van der Waals surface area contributed by atoms with Gasteiger partial charge in [0.25, 0.3) is 0 Å². The van der Waals surface area contributed by atoms with E-state index < -0.39 is 0 Å². The van der Waals surface area contributed by atoms with Crippen molar-refractivity contribution in [1.82, 2.24) is 5.32 Å². The monoisotopic (exact) mass is 285 g/mol. The summed E-state index contributed by atoms with van der Waals surface area (Å²) in [6.45, 7) is 9.55. The third-order valence-electron chi connectivity index (χ3n) is 3.09. The highest BCUT2D eigenvalue weighted by atomic mass is 16.7. The number of hydrogen-bond donors (Lipinski definition) is 1. The molecule has 0 saturated carbocycles. The van der Waals surface area contributed by atoms with Crippen LogP contribution in [0.3, 0.4) is 0 Å². The first kappa shape index (κ1) is 15.5. The van der Waals surface area contributed by atoms with Crippen LogP contribution in [0.1, 0.15) is 39.3 Å². The Morgan fingerprint density at radius 3 is 2.81 bits per heavy atom. The van der Waals surface area contributed by atoms with Crippen LogP contribution in [0.25, 0.3) is 0 Å². The summed E-state index contributed by atoms with van der Waals surface area (Å²) in [5.74, 6) is 7.89. The Labute approximate surface area is 127 Å². The van der Waals surface area contributed by atoms with Gasteiger partial charge in [-0.2, -0.15) is 0 Å². The molecule has 1 heterocycles. The predicted molar refractivity (Wildman–Crippen MR) is 85.4 cm³/mol. The first-order valence-electron chi connectivity index (χ1n) is 7.26. The van der Waals surface area contributed by atoms with Crippen LogP contribution >= 0.6 is 0 Å². The summed E-state index contributed by atoms with van der Waals surface area (Å²) < 4.78 is 10.7. The average Bonchev–Trinajstić information content (AvgIpc) is 2.88. The molecule has 1 aromatic rings. The molecule has 1 unspecified atom stereocenters. The fourth-order valence-electron chi connectivity index (χ4n) is 1.92. The van der Waals surface area contributed by atoms with Gasteiger partial charge in [-0.15, -0.1) is 0 Å². The van der Waals surface area contributed by atoms with Gasteiger partial charge in [-0.05, 0) is 51.5 Å². The van der Waals surface area contributed by atoms with Crippen molar-refractivity contribution >= 4 is 0 Å². The number of hydrogen-bond acceptors (Lipinski definition) is 3. The van der Waals surface area contributed by atoms with Crippen molar-refractivity contribution in [1.29, 1.82) is 0 Å². The number of nitrogens with one attached hydrogen (secondary N) is 1. The molecule has 3 nitrogen and oxygen atoms in total. The fourth-order valence-corrected chi connectivity index (χ4v) is 1.92. The predicted octanol–water partition coefficient (Wildman–Crippen LogP) is 3.67. The van der Waals surface area contributed by atoms with Gasteiger partial charge >= 0.3 is 0 Å². The summed E-state index contributed by atoms with van der Waals surface area (Å²) in [7, 11) is 0. The zero-order valence-electron chi connectivity index (χ0n) is 13.2. The van der Waals surface area contributed by atoms with E-state index in [1.165, 1.54) is 5.56 Å². The molecule has 0 spiro atoms. The molecule has 0 fully saturated rings. The van der Waals surface area contributed by atoms with E-state index in [4.69, 9.17) is 9.47 Å². The normalized spacial score (nSPS) is 14.9. The Balaban J connectivity index is 1.83. The minimum atomic E-state index is 0.0531. The lowest BCUT2D eigenvalue weighted by molar-refractivity contribution is 0.174. The summed E-state index contributed by atoms with van der Waals surface area (Å²) in [5.41, 5.74) is 1.24. The maximum Gasteiger partial charge on any atom is 0.231 e. The van der Waals surface area contributed by atoms with Gasteiger partial charge < -0.3 is 14.8 Å². The standard InChI is InChI=1S/C18H23NO2/c1-14(19-11-7-5-6-10-18(2,3)4)15-8-9-16-17(12-15)21-13-20-16/h5,7-9,12,14,19H,11,13H2,1-4H3/b7-5+. The average molecular weight is 285 g/mol. The van der Waals surface area contributed by atoms with Crippen molar-refractivity contribution in [3.8, 4) is 23.3 Å². The van der Waals surface area contributed by atoms with Gasteiger partial charge in [0.1, 0.15) is 0 Å². The number of allylic oxidation sites excluding steroid dienone is 1. The van der Waals surface area contributed by atoms with Crippen LogP contribution in [0.2, 0.25) is 0 Å². The lowest BCUT2D eigenvalue weighted by Gasteiger charge is -2.13. The van der Waals surface area contributed by atoms with E-state index in [-0.39, 0.29) is 11.5 Å². The first-order valence-corrected chi connectivity index (χ1v) is 7.26. The van der Waals surface area contributed by atoms with E-state index >= 15 is 0 Å². The third-order valence-corrected chi connectivity index (χ3v) is 3.09. The lowest BCUT2D eigenvalue weighted by Crippen LogP contribution is -2.18. The van der Waals surface area contributed by atoms with E-state index in [2.05, 4.69) is 50.9 Å². The lowest BCUT2D eigenvalue weighted by atomic mass is 9.98. The van der Waals surface area contributed by atoms with Crippen molar-refractivity contribution < 1.29 is 9.47 Å². The number of fused-ring (bicyclic) bond motifs is 1. The molecule has 1 atom stereocenters. The highest BCUT2D eigenvalue weighted by Gasteiger charge is 2.15. The van der Waals surface area contributed by atoms with Crippen molar-refractivity contribution in [3.63, 3.8) is 0 Å². The molecule has 0 aliphatic carbocycles. The van der Waals surface area contributed by atoms with Gasteiger partial charge in [-0.25, -0.2) is 0 Å². The van der Waals surface area contributed by atoms with E-state index in [0.717, 1.165) is 18.0 Å². The van der Waals surface area contributed by atoms with E-state index in [0.29, 0.717) is 6.79 Å². The second kappa shape index (κ2) is 6.69. The Hall–Kier alpha value is -1.92. The minimum absolute atomic E-state index is 0.0531. The Morgan fingerprint density at radius 2 is 2.05 bits per heavy atom. The first-order chi connectivity index (χ1) is 9.96. The molecule has 3 heteroatoms. The fraction of sp³-hybridized carbons (Fsp3) is 0.444. The van der Waals surface area contributed by atoms with Crippen LogP contribution in [0, 0.1) is 17.3 Å². The second-order valence-electron chi connectivity index (χ2n) is 6.16. The highest BCUT2D eigenvalue weighted by molar-refractivity contribution is 5.45. The maximum atomic E-state index is 5.40. The van der Waals surface area contributed by atoms with E-state index in [1.54, 1.807) is 0 Å². The SMILES string of the molecule is CC(NC/C=C/C#CC(C)(C)C)c1ccc2c(c1)OCO2. The summed E-state index contributed by atoms with van der Waals surface area (Å²) in [5, 5.41) is 3.44. The van der Waals surface area contributed by atoms with Crippen LogP contribution in [0.15, 0.2) is 30.4 Å². The largest absolute Gasteiger partial charge is 0.454 e. The molecule has 0 aromatic heterocycles. The molecule has 0 amide bonds. The van der Waals surface area contributed by atoms with Gasteiger partial charge in [-0.1, -0.05) is 24.0 Å². The zero-order valence-corrected chi connectivity index (χ0v) is 13.2. The Morgan fingerprint density at radius 1 is 1.29 bits per heavy atom. The summed E-state index contributed by atoms with van der Waals surface area (Å²) in [6.07, 6.45) is 3.95. The van der Waals surface area contributed by atoms with Crippen molar-refractivity contribution in [3.05, 3.63) is 35.9 Å². The molecule has 1 aliphatic heterocycles. The van der Waals surface area contributed by atoms with Crippen LogP contribution < -0.4 is 14.8 Å². The summed E-state index contributed by atoms with van der Waals surface area (Å²) in [6, 6.07) is 6.30. The Kier molecular flexibility index (Phi) is 4.93. The molecular weight excluding hydrogens is 262 g/mol. The molecule has 1 aliphatic rings. The maximum absolute atomic E-state index is 5.40. The molecule has 0 radical (unpaired) electrons. The quantitative estimate of drug-likeness (QED) is 0.856. The highest BCUT2D eigenvalue weighted by Crippen LogP contribution is 2.34. The van der Waals surface area contributed by atoms with Crippen LogP contribution in [-0.2, 0) is 0 Å². The molecule has 0 bridgehead atoms. The molecule has 2 rings (SSSR count). The Bertz CT molecular complexity index is 573. The number of rotatable bonds is 4. The molecular formula is C18H23NO2. The molecule has 1 N–H and O–H groups in total. The van der Waals surface area contributed by atoms with Gasteiger partial charge in [0.05, 0.1) is 0 Å². The smallest absolute Gasteiger partial charge is 0.231 e. The summed E-state index contributed by atoms with van der Waals surface area (Å²) >= 11 is 0. The van der Waals surface area contributed by atoms with E-state index in [1.807, 2.05) is 24.3 Å². The molecule has 112 valence electrons. The van der Waals surface area contributed by atoms with Gasteiger partial charge in [0.15, 0.2) is 11.5 Å². The molecule has 0 saturated heterocycles. The van der Waals surface area contributed by atoms with Crippen LogP contribution in [-0.4, -0.2) is 13.3 Å². The minimum Gasteiger partial charge on any atom is -0.454 e. The van der Waals surface area contributed by atoms with Crippen LogP contribution in [0.4, 0.5) is 0 Å². The number of benzene rings is 1. The number of ether oxygens (including phenoxy) is 2. The zero-order chi connectivity index (χ0) is 15.3. The molecule has 1 aromatic carbocycles. The van der Waals surface area contributed by atoms with Gasteiger partial charge in [-0.3, -0.25) is 0 Å². The summed E-state index contributed by atoms with van der Waals surface area (Å²) in [4.78, 5) is 0. The topological polar surface area (TPSA) is 30.5 Å². The van der Waals surface area contributed by atoms with Gasteiger partial charge in [0.2, 0.25) is 6.79 Å². The van der Waals surface area contributed by atoms with Crippen molar-refractivity contribution in [2.45, 2.75) is 33.7 Å². The van der Waals surface area contributed by atoms with Crippen molar-refractivity contribution in [2.75, 3.05) is 13.3 Å². The van der Waals surface area contributed by atoms with Crippen molar-refractivity contribution in [2.24, 2.45) is 5.41 Å². The van der Waals surface area contributed by atoms with E-state index in [9.17, 15) is 0 Å². The molecule has 21 heavy (non-hydrogen) atoms. The van der Waals surface area contributed by atoms with Gasteiger partial charge in [0, 0.05) is 18.0 Å².